The third-order valence-corrected chi connectivity index (χ3v) is 5.02. The molecule has 0 amide bonds. The topological polar surface area (TPSA) is 9.23 Å². The maximum atomic E-state index is 5.85. The Morgan fingerprint density at radius 3 is 2.47 bits per heavy atom. The van der Waals surface area contributed by atoms with Gasteiger partial charge in [0.1, 0.15) is 5.44 Å². The molecule has 0 N–H and O–H groups in total. The first-order chi connectivity index (χ1) is 8.36. The minimum atomic E-state index is 0.506. The van der Waals surface area contributed by atoms with Gasteiger partial charge in [-0.2, -0.15) is 0 Å². The number of unbranched alkanes of at least 4 members (excludes halogenated alkanes) is 5. The summed E-state index contributed by atoms with van der Waals surface area (Å²) in [5, 5.41) is 0.874. The molecular weight excluding hydrogens is 228 g/mol. The number of thioether (sulfide) groups is 1. The van der Waals surface area contributed by atoms with Gasteiger partial charge in [0.15, 0.2) is 0 Å². The Bertz CT molecular complexity index is 170. The van der Waals surface area contributed by atoms with Crippen molar-refractivity contribution in [3.8, 4) is 0 Å². The van der Waals surface area contributed by atoms with Crippen molar-refractivity contribution in [1.29, 1.82) is 0 Å². The fraction of sp³-hybridized carbons (Fsp3) is 1.00. The van der Waals surface area contributed by atoms with Crippen molar-refractivity contribution < 1.29 is 4.74 Å². The molecule has 2 unspecified atom stereocenters. The van der Waals surface area contributed by atoms with E-state index in [9.17, 15) is 0 Å². The van der Waals surface area contributed by atoms with Crippen molar-refractivity contribution in [1.82, 2.24) is 0 Å². The van der Waals surface area contributed by atoms with E-state index in [1.165, 1.54) is 64.2 Å². The van der Waals surface area contributed by atoms with Crippen LogP contribution in [0.1, 0.15) is 78.1 Å². The lowest BCUT2D eigenvalue weighted by Crippen LogP contribution is -2.23. The highest BCUT2D eigenvalue weighted by Crippen LogP contribution is 2.32. The quantitative estimate of drug-likeness (QED) is 0.513. The van der Waals surface area contributed by atoms with Crippen LogP contribution in [0.5, 0.6) is 0 Å². The molecule has 1 fully saturated rings. The predicted molar refractivity (Wildman–Crippen MR) is 78.6 cm³/mol. The van der Waals surface area contributed by atoms with Gasteiger partial charge in [0, 0.05) is 11.9 Å². The van der Waals surface area contributed by atoms with Crippen molar-refractivity contribution in [2.24, 2.45) is 0 Å². The van der Waals surface area contributed by atoms with E-state index < -0.39 is 0 Å². The fourth-order valence-electron chi connectivity index (χ4n) is 2.43. The lowest BCUT2D eigenvalue weighted by molar-refractivity contribution is 0.0917. The Labute approximate surface area is 112 Å². The Morgan fingerprint density at radius 2 is 1.71 bits per heavy atom. The Balaban J connectivity index is 1.98. The van der Waals surface area contributed by atoms with Crippen LogP contribution in [0.2, 0.25) is 0 Å². The molecule has 102 valence electrons. The lowest BCUT2D eigenvalue weighted by Gasteiger charge is -2.29. The summed E-state index contributed by atoms with van der Waals surface area (Å²) in [6.45, 7) is 5.57. The zero-order chi connectivity index (χ0) is 12.3. The van der Waals surface area contributed by atoms with E-state index in [-0.39, 0.29) is 0 Å². The standard InChI is InChI=1S/C15H30OS/c1-3-5-6-7-8-9-11-15-16-13-12-14(17-15)10-4-2/h14-15H,3-13H2,1-2H3. The van der Waals surface area contributed by atoms with Gasteiger partial charge in [0.2, 0.25) is 0 Å². The van der Waals surface area contributed by atoms with Gasteiger partial charge >= 0.3 is 0 Å². The average molecular weight is 258 g/mol. The van der Waals surface area contributed by atoms with Crippen LogP contribution < -0.4 is 0 Å². The van der Waals surface area contributed by atoms with Crippen LogP contribution in [0, 0.1) is 0 Å². The largest absolute Gasteiger partial charge is 0.368 e. The summed E-state index contributed by atoms with van der Waals surface area (Å²) >= 11 is 2.10. The van der Waals surface area contributed by atoms with Crippen LogP contribution in [0.25, 0.3) is 0 Å². The average Bonchev–Trinajstić information content (AvgIpc) is 2.35. The molecule has 0 aromatic carbocycles. The van der Waals surface area contributed by atoms with E-state index in [4.69, 9.17) is 4.74 Å². The molecule has 1 heterocycles. The molecule has 1 aliphatic heterocycles. The van der Waals surface area contributed by atoms with Gasteiger partial charge in [0.05, 0.1) is 0 Å². The molecule has 0 radical (unpaired) electrons. The summed E-state index contributed by atoms with van der Waals surface area (Å²) in [6, 6.07) is 0. The monoisotopic (exact) mass is 258 g/mol. The summed E-state index contributed by atoms with van der Waals surface area (Å²) in [5.41, 5.74) is 0.506. The molecule has 1 saturated heterocycles. The van der Waals surface area contributed by atoms with Crippen molar-refractivity contribution in [2.45, 2.75) is 88.7 Å². The molecule has 0 aromatic rings. The van der Waals surface area contributed by atoms with Gasteiger partial charge in [-0.25, -0.2) is 0 Å². The van der Waals surface area contributed by atoms with Crippen molar-refractivity contribution in [3.05, 3.63) is 0 Å². The van der Waals surface area contributed by atoms with E-state index in [1.54, 1.807) is 0 Å². The molecule has 0 spiro atoms. The summed E-state index contributed by atoms with van der Waals surface area (Å²) in [5.74, 6) is 0. The van der Waals surface area contributed by atoms with Crippen LogP contribution in [0.15, 0.2) is 0 Å². The molecule has 0 aromatic heterocycles. The van der Waals surface area contributed by atoms with Crippen LogP contribution in [0.4, 0.5) is 0 Å². The molecule has 1 nitrogen and oxygen atoms in total. The first kappa shape index (κ1) is 15.4. The lowest BCUT2D eigenvalue weighted by atomic mass is 10.1. The predicted octanol–water partition coefficient (Wildman–Crippen LogP) is 5.39. The number of ether oxygens (including phenoxy) is 1. The molecule has 2 atom stereocenters. The molecule has 17 heavy (non-hydrogen) atoms. The summed E-state index contributed by atoms with van der Waals surface area (Å²) in [4.78, 5) is 0. The summed E-state index contributed by atoms with van der Waals surface area (Å²) in [7, 11) is 0. The maximum Gasteiger partial charge on any atom is 0.103 e. The first-order valence-electron chi connectivity index (χ1n) is 7.63. The summed E-state index contributed by atoms with van der Waals surface area (Å²) in [6.07, 6.45) is 13.6. The van der Waals surface area contributed by atoms with Crippen molar-refractivity contribution in [2.75, 3.05) is 6.61 Å². The van der Waals surface area contributed by atoms with Gasteiger partial charge in [-0.05, 0) is 25.7 Å². The van der Waals surface area contributed by atoms with Crippen molar-refractivity contribution >= 4 is 11.8 Å². The maximum absolute atomic E-state index is 5.85. The second kappa shape index (κ2) is 10.3. The van der Waals surface area contributed by atoms with E-state index in [0.717, 1.165) is 11.9 Å². The molecule has 2 heteroatoms. The zero-order valence-electron chi connectivity index (χ0n) is 11.7. The SMILES string of the molecule is CCCCCCCCC1OCCC(CCC)S1. The van der Waals surface area contributed by atoms with E-state index in [1.807, 2.05) is 0 Å². The minimum Gasteiger partial charge on any atom is -0.368 e. The first-order valence-corrected chi connectivity index (χ1v) is 8.58. The Morgan fingerprint density at radius 1 is 0.941 bits per heavy atom. The van der Waals surface area contributed by atoms with Crippen molar-refractivity contribution in [3.63, 3.8) is 0 Å². The Hall–Kier alpha value is 0.310. The highest BCUT2D eigenvalue weighted by molar-refractivity contribution is 8.00. The fourth-order valence-corrected chi connectivity index (χ4v) is 3.94. The minimum absolute atomic E-state index is 0.506. The van der Waals surface area contributed by atoms with Gasteiger partial charge in [-0.15, -0.1) is 11.8 Å². The van der Waals surface area contributed by atoms with Gasteiger partial charge in [-0.1, -0.05) is 52.4 Å². The second-order valence-corrected chi connectivity index (χ2v) is 6.66. The second-order valence-electron chi connectivity index (χ2n) is 5.19. The number of hydrogen-bond acceptors (Lipinski definition) is 2. The smallest absolute Gasteiger partial charge is 0.103 e. The van der Waals surface area contributed by atoms with E-state index >= 15 is 0 Å². The molecule has 0 bridgehead atoms. The number of rotatable bonds is 9. The number of hydrogen-bond donors (Lipinski definition) is 0. The summed E-state index contributed by atoms with van der Waals surface area (Å²) < 4.78 is 5.85. The molecule has 1 aliphatic rings. The van der Waals surface area contributed by atoms with Gasteiger partial charge in [-0.3, -0.25) is 0 Å². The van der Waals surface area contributed by atoms with Crippen LogP contribution in [-0.4, -0.2) is 17.3 Å². The van der Waals surface area contributed by atoms with Gasteiger partial charge < -0.3 is 4.74 Å². The highest BCUT2D eigenvalue weighted by Gasteiger charge is 2.21. The normalized spacial score (nSPS) is 25.1. The zero-order valence-corrected chi connectivity index (χ0v) is 12.6. The van der Waals surface area contributed by atoms with Gasteiger partial charge in [0.25, 0.3) is 0 Å². The van der Waals surface area contributed by atoms with E-state index in [2.05, 4.69) is 25.6 Å². The molecule has 1 rings (SSSR count). The molecule has 0 aliphatic carbocycles. The van der Waals surface area contributed by atoms with Crippen LogP contribution in [0.3, 0.4) is 0 Å². The third kappa shape index (κ3) is 7.35. The van der Waals surface area contributed by atoms with E-state index in [0.29, 0.717) is 5.44 Å². The molecular formula is C15H30OS. The van der Waals surface area contributed by atoms with Crippen LogP contribution in [-0.2, 0) is 4.74 Å². The Kier molecular flexibility index (Phi) is 9.27. The highest BCUT2D eigenvalue weighted by atomic mass is 32.2. The van der Waals surface area contributed by atoms with Crippen LogP contribution >= 0.6 is 11.8 Å². The molecule has 0 saturated carbocycles. The third-order valence-electron chi connectivity index (χ3n) is 3.49.